The summed E-state index contributed by atoms with van der Waals surface area (Å²) < 4.78 is 12.2. The highest BCUT2D eigenvalue weighted by atomic mass is 127. The zero-order valence-electron chi connectivity index (χ0n) is 6.63. The lowest BCUT2D eigenvalue weighted by Crippen LogP contribution is -2.31. The monoisotopic (exact) mass is 277 g/mol. The van der Waals surface area contributed by atoms with Gasteiger partial charge in [-0.2, -0.15) is 0 Å². The molecule has 0 amide bonds. The molecule has 0 aromatic rings. The van der Waals surface area contributed by atoms with E-state index in [1.165, 1.54) is 3.92 Å². The van der Waals surface area contributed by atoms with Gasteiger partial charge in [0.05, 0.1) is 23.1 Å². The van der Waals surface area contributed by atoms with Crippen molar-refractivity contribution in [2.75, 3.05) is 13.2 Å². The molecule has 12 heavy (non-hydrogen) atoms. The Morgan fingerprint density at radius 1 is 1.25 bits per heavy atom. The fourth-order valence-corrected chi connectivity index (χ4v) is 1.91. The van der Waals surface area contributed by atoms with Gasteiger partial charge in [-0.1, -0.05) is 22.6 Å². The lowest BCUT2D eigenvalue weighted by Gasteiger charge is -2.28. The third-order valence-electron chi connectivity index (χ3n) is 1.88. The Kier molecular flexibility index (Phi) is 3.26. The van der Waals surface area contributed by atoms with Crippen LogP contribution in [0.2, 0.25) is 0 Å². The maximum absolute atomic E-state index is 5.48. The summed E-state index contributed by atoms with van der Waals surface area (Å²) in [6, 6.07) is 0. The molecule has 65 valence electrons. The Morgan fingerprint density at radius 2 is 2.00 bits per heavy atom. The van der Waals surface area contributed by atoms with Crippen LogP contribution in [0.15, 0.2) is 0 Å². The maximum Gasteiger partial charge on any atom is 0.165 e. The fourth-order valence-electron chi connectivity index (χ4n) is 1.27. The van der Waals surface area contributed by atoms with Crippen LogP contribution in [0.3, 0.4) is 0 Å². The maximum atomic E-state index is 5.48. The number of rotatable bonds is 1. The van der Waals surface area contributed by atoms with Crippen molar-refractivity contribution in [3.05, 3.63) is 29.1 Å². The van der Waals surface area contributed by atoms with Crippen molar-refractivity contribution in [3.63, 3.8) is 0 Å². The topological polar surface area (TPSA) is 18.5 Å². The zero-order valence-corrected chi connectivity index (χ0v) is 8.78. The first kappa shape index (κ1) is 9.21. The number of halogens is 1. The van der Waals surface area contributed by atoms with Gasteiger partial charge in [-0.3, -0.25) is 0 Å². The average Bonchev–Trinajstić information content (AvgIpc) is 2.53. The molecule has 2 rings (SSSR count). The van der Waals surface area contributed by atoms with Crippen LogP contribution in [-0.2, 0) is 9.47 Å². The fraction of sp³-hybridized carbons (Fsp3) is 0.444. The van der Waals surface area contributed by atoms with E-state index in [1.54, 1.807) is 0 Å². The SMILES string of the molecule is I[C]1[CH][CH][CH][C]1C1OCCCO1. The Balaban J connectivity index is 1.89. The highest BCUT2D eigenvalue weighted by molar-refractivity contribution is 14.1. The van der Waals surface area contributed by atoms with Crippen molar-refractivity contribution in [1.82, 2.24) is 0 Å². The molecule has 0 N–H and O–H groups in total. The van der Waals surface area contributed by atoms with Gasteiger partial charge in [0.25, 0.3) is 0 Å². The average molecular weight is 277 g/mol. The van der Waals surface area contributed by atoms with E-state index in [4.69, 9.17) is 9.47 Å². The highest BCUT2D eigenvalue weighted by Gasteiger charge is 2.36. The summed E-state index contributed by atoms with van der Waals surface area (Å²) in [5.41, 5.74) is 0. The first-order valence-corrected chi connectivity index (χ1v) is 5.10. The van der Waals surface area contributed by atoms with Crippen LogP contribution in [0.25, 0.3) is 0 Å². The summed E-state index contributed by atoms with van der Waals surface area (Å²) in [6.07, 6.45) is 7.03. The summed E-state index contributed by atoms with van der Waals surface area (Å²) in [5, 5.41) is 0. The van der Waals surface area contributed by atoms with E-state index in [-0.39, 0.29) is 6.29 Å². The molecule has 2 nitrogen and oxygen atoms in total. The summed E-state index contributed by atoms with van der Waals surface area (Å²) in [6.45, 7) is 1.62. The van der Waals surface area contributed by atoms with Crippen molar-refractivity contribution >= 4 is 22.6 Å². The van der Waals surface area contributed by atoms with E-state index < -0.39 is 0 Å². The molecule has 1 saturated heterocycles. The molecule has 2 fully saturated rings. The van der Waals surface area contributed by atoms with Gasteiger partial charge in [-0.15, -0.1) is 0 Å². The Bertz CT molecular complexity index is 145. The lowest BCUT2D eigenvalue weighted by atomic mass is 10.1. The minimum absolute atomic E-state index is 0.124. The Morgan fingerprint density at radius 3 is 2.58 bits per heavy atom. The molecule has 0 bridgehead atoms. The van der Waals surface area contributed by atoms with E-state index in [0.29, 0.717) is 0 Å². The Hall–Kier alpha value is 0.650. The highest BCUT2D eigenvalue weighted by Crippen LogP contribution is 2.42. The molecule has 0 spiro atoms. The second-order valence-corrected chi connectivity index (χ2v) is 3.92. The number of hydrogen-bond acceptors (Lipinski definition) is 2. The molecule has 0 unspecified atom stereocenters. The van der Waals surface area contributed by atoms with E-state index in [0.717, 1.165) is 25.6 Å². The number of hydrogen-bond donors (Lipinski definition) is 0. The van der Waals surface area contributed by atoms with Crippen LogP contribution < -0.4 is 0 Å². The van der Waals surface area contributed by atoms with Gasteiger partial charge in [0.2, 0.25) is 0 Å². The predicted molar refractivity (Wildman–Crippen MR) is 53.7 cm³/mol. The van der Waals surface area contributed by atoms with Crippen LogP contribution in [0.5, 0.6) is 0 Å². The van der Waals surface area contributed by atoms with Crippen molar-refractivity contribution in [3.8, 4) is 0 Å². The van der Waals surface area contributed by atoms with E-state index in [9.17, 15) is 0 Å². The van der Waals surface area contributed by atoms with E-state index in [2.05, 4.69) is 35.4 Å². The van der Waals surface area contributed by atoms with Crippen LogP contribution in [0, 0.1) is 29.1 Å². The van der Waals surface area contributed by atoms with Gasteiger partial charge in [-0.25, -0.2) is 0 Å². The van der Waals surface area contributed by atoms with Gasteiger partial charge in [0.15, 0.2) is 6.29 Å². The number of ether oxygens (including phenoxy) is 2. The molecule has 1 heterocycles. The second kappa shape index (κ2) is 4.24. The molecule has 2 aliphatic rings. The van der Waals surface area contributed by atoms with Crippen molar-refractivity contribution in [1.29, 1.82) is 0 Å². The largest absolute Gasteiger partial charge is 0.352 e. The van der Waals surface area contributed by atoms with Gasteiger partial charge in [0.1, 0.15) is 0 Å². The minimum atomic E-state index is -0.124. The Labute approximate surface area is 87.1 Å². The van der Waals surface area contributed by atoms with Crippen LogP contribution in [0.1, 0.15) is 6.42 Å². The van der Waals surface area contributed by atoms with E-state index in [1.807, 2.05) is 6.42 Å². The van der Waals surface area contributed by atoms with Crippen LogP contribution in [0.4, 0.5) is 0 Å². The molecule has 5 radical (unpaired) electrons. The van der Waals surface area contributed by atoms with Gasteiger partial charge >= 0.3 is 0 Å². The predicted octanol–water partition coefficient (Wildman–Crippen LogP) is 1.92. The van der Waals surface area contributed by atoms with Gasteiger partial charge < -0.3 is 9.47 Å². The summed E-state index contributed by atoms with van der Waals surface area (Å²) in [4.78, 5) is 0. The molecule has 1 aliphatic heterocycles. The minimum Gasteiger partial charge on any atom is -0.352 e. The van der Waals surface area contributed by atoms with Gasteiger partial charge in [-0.05, 0) is 25.7 Å². The first-order valence-electron chi connectivity index (χ1n) is 4.02. The molecule has 1 aliphatic carbocycles. The molecule has 0 aromatic heterocycles. The summed E-state index contributed by atoms with van der Waals surface area (Å²) in [7, 11) is 0. The summed E-state index contributed by atoms with van der Waals surface area (Å²) in [5.74, 6) is 1.16. The molecular formula is C9H10IO2. The molecule has 3 heteroatoms. The smallest absolute Gasteiger partial charge is 0.165 e. The van der Waals surface area contributed by atoms with Crippen LogP contribution in [-0.4, -0.2) is 19.5 Å². The lowest BCUT2D eigenvalue weighted by molar-refractivity contribution is -0.164. The van der Waals surface area contributed by atoms with Gasteiger partial charge in [0, 0.05) is 0 Å². The summed E-state index contributed by atoms with van der Waals surface area (Å²) >= 11 is 2.30. The zero-order chi connectivity index (χ0) is 8.39. The molecular weight excluding hydrogens is 267 g/mol. The second-order valence-electron chi connectivity index (χ2n) is 2.76. The molecule has 1 saturated carbocycles. The third kappa shape index (κ3) is 1.93. The van der Waals surface area contributed by atoms with E-state index >= 15 is 0 Å². The van der Waals surface area contributed by atoms with Crippen molar-refractivity contribution in [2.24, 2.45) is 0 Å². The standard InChI is InChI=1S/C9H10IO2/c10-8-4-1-3-7(8)9-11-5-2-6-12-9/h1,3-4,9H,2,5-6H2. The quantitative estimate of drug-likeness (QED) is 0.682. The van der Waals surface area contributed by atoms with Crippen molar-refractivity contribution in [2.45, 2.75) is 12.7 Å². The molecule has 0 aromatic carbocycles. The van der Waals surface area contributed by atoms with Crippen molar-refractivity contribution < 1.29 is 9.47 Å². The van der Waals surface area contributed by atoms with Crippen LogP contribution >= 0.6 is 22.6 Å². The molecule has 0 atom stereocenters. The first-order chi connectivity index (χ1) is 5.88. The third-order valence-corrected chi connectivity index (χ3v) is 2.86. The normalized spacial score (nSPS) is 29.8.